The van der Waals surface area contributed by atoms with Crippen LogP contribution in [-0.2, 0) is 19.4 Å². The summed E-state index contributed by atoms with van der Waals surface area (Å²) in [6.07, 6.45) is 1.77. The molecule has 5 heteroatoms. The lowest BCUT2D eigenvalue weighted by Gasteiger charge is -2.14. The molecule has 2 N–H and O–H groups in total. The Hall–Kier alpha value is -1.17. The van der Waals surface area contributed by atoms with Crippen molar-refractivity contribution < 1.29 is 5.11 Å². The molecule has 0 saturated carbocycles. The van der Waals surface area contributed by atoms with Crippen molar-refractivity contribution in [2.24, 2.45) is 11.8 Å². The van der Waals surface area contributed by atoms with Gasteiger partial charge in [0.1, 0.15) is 0 Å². The molecule has 1 aliphatic rings. The number of hydrogen-bond donors (Lipinski definition) is 2. The first-order valence-corrected chi connectivity index (χ1v) is 9.30. The van der Waals surface area contributed by atoms with Crippen molar-refractivity contribution in [1.82, 2.24) is 15.1 Å². The molecule has 0 spiro atoms. The van der Waals surface area contributed by atoms with Gasteiger partial charge in [-0.05, 0) is 43.9 Å². The van der Waals surface area contributed by atoms with Crippen molar-refractivity contribution in [2.45, 2.75) is 46.3 Å². The van der Waals surface area contributed by atoms with Gasteiger partial charge in [-0.25, -0.2) is 0 Å². The fourth-order valence-electron chi connectivity index (χ4n) is 3.36. The Morgan fingerprint density at radius 1 is 1.35 bits per heavy atom. The second-order valence-electron chi connectivity index (χ2n) is 7.23. The van der Waals surface area contributed by atoms with Crippen LogP contribution in [0.3, 0.4) is 0 Å². The van der Waals surface area contributed by atoms with Crippen LogP contribution in [-0.4, -0.2) is 39.4 Å². The number of aliphatic hydroxyl groups is 1. The van der Waals surface area contributed by atoms with Gasteiger partial charge in [-0.3, -0.25) is 10.00 Å². The number of nitrogens with zero attached hydrogens (tertiary/aromatic N) is 2. The van der Waals surface area contributed by atoms with Crippen LogP contribution in [0, 0.1) is 18.8 Å². The number of aromatic amines is 1. The van der Waals surface area contributed by atoms with Crippen molar-refractivity contribution in [3.63, 3.8) is 0 Å². The molecule has 3 heterocycles. The molecule has 126 valence electrons. The van der Waals surface area contributed by atoms with Gasteiger partial charge in [-0.1, -0.05) is 13.8 Å². The van der Waals surface area contributed by atoms with Crippen molar-refractivity contribution in [2.75, 3.05) is 13.1 Å². The first kappa shape index (κ1) is 16.7. The number of aryl methyl sites for hydroxylation is 1. The number of H-pyrrole nitrogens is 1. The van der Waals surface area contributed by atoms with E-state index in [9.17, 15) is 5.11 Å². The van der Waals surface area contributed by atoms with Gasteiger partial charge in [0, 0.05) is 41.0 Å². The van der Waals surface area contributed by atoms with Gasteiger partial charge in [-0.15, -0.1) is 11.3 Å². The van der Waals surface area contributed by atoms with Crippen LogP contribution in [0.15, 0.2) is 18.2 Å². The van der Waals surface area contributed by atoms with Gasteiger partial charge in [0.2, 0.25) is 0 Å². The maximum absolute atomic E-state index is 10.4. The number of hydrogen-bond acceptors (Lipinski definition) is 4. The Morgan fingerprint density at radius 3 is 2.83 bits per heavy atom. The van der Waals surface area contributed by atoms with Crippen LogP contribution in [0.4, 0.5) is 0 Å². The van der Waals surface area contributed by atoms with E-state index in [4.69, 9.17) is 0 Å². The molecular formula is C18H27N3OS. The summed E-state index contributed by atoms with van der Waals surface area (Å²) < 4.78 is 0. The first-order valence-electron chi connectivity index (χ1n) is 8.48. The normalized spacial score (nSPS) is 22.3. The summed E-state index contributed by atoms with van der Waals surface area (Å²) in [5.74, 6) is 0.990. The maximum atomic E-state index is 10.4. The molecule has 0 unspecified atom stereocenters. The van der Waals surface area contributed by atoms with Crippen molar-refractivity contribution in [3.05, 3.63) is 39.3 Å². The minimum absolute atomic E-state index is 0.248. The van der Waals surface area contributed by atoms with E-state index < -0.39 is 0 Å². The predicted octanol–water partition coefficient (Wildman–Crippen LogP) is 3.01. The van der Waals surface area contributed by atoms with Gasteiger partial charge in [0.25, 0.3) is 0 Å². The average molecular weight is 334 g/mol. The molecule has 0 aliphatic carbocycles. The smallest absolute Gasteiger partial charge is 0.0711 e. The summed E-state index contributed by atoms with van der Waals surface area (Å²) in [6, 6.07) is 6.59. The third kappa shape index (κ3) is 4.43. The van der Waals surface area contributed by atoms with Crippen LogP contribution in [0.2, 0.25) is 0 Å². The maximum Gasteiger partial charge on any atom is 0.0711 e. The third-order valence-corrected chi connectivity index (χ3v) is 5.51. The quantitative estimate of drug-likeness (QED) is 0.854. The van der Waals surface area contributed by atoms with E-state index in [0.717, 1.165) is 43.9 Å². The Morgan fingerprint density at radius 2 is 2.13 bits per heavy atom. The fraction of sp³-hybridized carbons (Fsp3) is 0.611. The number of nitrogens with one attached hydrogen (secondary N) is 1. The van der Waals surface area contributed by atoms with E-state index in [2.05, 4.69) is 47.1 Å². The number of rotatable bonds is 6. The predicted molar refractivity (Wildman–Crippen MR) is 94.7 cm³/mol. The Labute approximate surface area is 142 Å². The number of aromatic nitrogens is 2. The second kappa shape index (κ2) is 7.16. The highest BCUT2D eigenvalue weighted by Crippen LogP contribution is 2.26. The molecule has 2 aromatic rings. The van der Waals surface area contributed by atoms with E-state index >= 15 is 0 Å². The van der Waals surface area contributed by atoms with Crippen molar-refractivity contribution in [1.29, 1.82) is 0 Å². The Kier molecular flexibility index (Phi) is 5.19. The van der Waals surface area contributed by atoms with E-state index in [-0.39, 0.29) is 12.0 Å². The molecule has 23 heavy (non-hydrogen) atoms. The van der Waals surface area contributed by atoms with Crippen molar-refractivity contribution in [3.8, 4) is 0 Å². The molecule has 4 nitrogen and oxygen atoms in total. The zero-order valence-corrected chi connectivity index (χ0v) is 15.1. The molecule has 1 aliphatic heterocycles. The van der Waals surface area contributed by atoms with E-state index in [1.807, 2.05) is 18.3 Å². The molecule has 2 atom stereocenters. The number of aliphatic hydroxyl groups excluding tert-OH is 1. The molecule has 0 radical (unpaired) electrons. The van der Waals surface area contributed by atoms with Crippen molar-refractivity contribution >= 4 is 11.3 Å². The van der Waals surface area contributed by atoms with Crippen LogP contribution in [0.25, 0.3) is 0 Å². The summed E-state index contributed by atoms with van der Waals surface area (Å²) in [4.78, 5) is 5.25. The lowest BCUT2D eigenvalue weighted by molar-refractivity contribution is 0.140. The molecule has 1 saturated heterocycles. The SMILES string of the molecule is Cc1cc(C[C@@H]2CN(Cc3ccc(CC(C)C)s3)C[C@H]2O)n[nH]1. The molecule has 0 aromatic carbocycles. The topological polar surface area (TPSA) is 52.1 Å². The Balaban J connectivity index is 1.54. The standard InChI is InChI=1S/C18H27N3OS/c1-12(2)6-16-4-5-17(23-16)10-21-9-14(18(22)11-21)8-15-7-13(3)19-20-15/h4-5,7,12,14,18,22H,6,8-11H2,1-3H3,(H,19,20)/t14-,18-/m1/s1. The lowest BCUT2D eigenvalue weighted by Crippen LogP contribution is -2.20. The van der Waals surface area contributed by atoms with E-state index in [1.165, 1.54) is 9.75 Å². The van der Waals surface area contributed by atoms with Gasteiger partial charge >= 0.3 is 0 Å². The highest BCUT2D eigenvalue weighted by atomic mass is 32.1. The van der Waals surface area contributed by atoms with Crippen LogP contribution < -0.4 is 0 Å². The largest absolute Gasteiger partial charge is 0.391 e. The highest BCUT2D eigenvalue weighted by molar-refractivity contribution is 7.11. The van der Waals surface area contributed by atoms with Gasteiger partial charge < -0.3 is 5.11 Å². The van der Waals surface area contributed by atoms with Crippen LogP contribution in [0.1, 0.15) is 35.0 Å². The van der Waals surface area contributed by atoms with E-state index in [0.29, 0.717) is 5.92 Å². The summed E-state index contributed by atoms with van der Waals surface area (Å²) in [7, 11) is 0. The first-order chi connectivity index (χ1) is 11.0. The molecule has 1 fully saturated rings. The van der Waals surface area contributed by atoms with Gasteiger partial charge in [0.15, 0.2) is 0 Å². The van der Waals surface area contributed by atoms with Gasteiger partial charge in [0.05, 0.1) is 11.8 Å². The number of likely N-dealkylation sites (tertiary alicyclic amines) is 1. The second-order valence-corrected chi connectivity index (χ2v) is 8.49. The zero-order chi connectivity index (χ0) is 16.4. The molecule has 2 aromatic heterocycles. The zero-order valence-electron chi connectivity index (χ0n) is 14.2. The van der Waals surface area contributed by atoms with Crippen LogP contribution >= 0.6 is 11.3 Å². The highest BCUT2D eigenvalue weighted by Gasteiger charge is 2.31. The summed E-state index contributed by atoms with van der Waals surface area (Å²) in [5, 5.41) is 17.6. The fourth-order valence-corrected chi connectivity index (χ4v) is 4.63. The summed E-state index contributed by atoms with van der Waals surface area (Å²) >= 11 is 1.92. The third-order valence-electron chi connectivity index (χ3n) is 4.42. The summed E-state index contributed by atoms with van der Waals surface area (Å²) in [5.41, 5.74) is 2.14. The molecular weight excluding hydrogens is 306 g/mol. The van der Waals surface area contributed by atoms with Crippen LogP contribution in [0.5, 0.6) is 0 Å². The van der Waals surface area contributed by atoms with E-state index in [1.54, 1.807) is 0 Å². The monoisotopic (exact) mass is 333 g/mol. The average Bonchev–Trinajstić information content (AvgIpc) is 3.14. The number of β-amino-alcohol motifs (C(OH)–C–C–N with tert-alkyl or cyclic N) is 1. The number of thiophene rings is 1. The Bertz CT molecular complexity index is 634. The molecule has 0 bridgehead atoms. The lowest BCUT2D eigenvalue weighted by atomic mass is 10.0. The minimum Gasteiger partial charge on any atom is -0.391 e. The van der Waals surface area contributed by atoms with Gasteiger partial charge in [-0.2, -0.15) is 5.10 Å². The minimum atomic E-state index is -0.248. The molecule has 3 rings (SSSR count). The molecule has 0 amide bonds. The summed E-state index contributed by atoms with van der Waals surface area (Å²) in [6.45, 7) is 9.21.